The quantitative estimate of drug-likeness (QED) is 0.766. The van der Waals surface area contributed by atoms with Crippen molar-refractivity contribution in [2.24, 2.45) is 0 Å². The second-order valence-electron chi connectivity index (χ2n) is 6.59. The van der Waals surface area contributed by atoms with Gasteiger partial charge >= 0.3 is 121 Å². The van der Waals surface area contributed by atoms with Gasteiger partial charge in [-0.2, -0.15) is 0 Å². The van der Waals surface area contributed by atoms with Gasteiger partial charge in [-0.15, -0.1) is 0 Å². The Morgan fingerprint density at radius 2 is 1.74 bits per heavy atom. The molecule has 4 heteroatoms. The van der Waals surface area contributed by atoms with Crippen LogP contribution in [0.25, 0.3) is 0 Å². The van der Waals surface area contributed by atoms with Crippen molar-refractivity contribution in [3.05, 3.63) is 30.3 Å². The zero-order valence-electron chi connectivity index (χ0n) is 12.9. The molecule has 0 aliphatic rings. The summed E-state index contributed by atoms with van der Waals surface area (Å²) in [5, 5.41) is 0. The van der Waals surface area contributed by atoms with Gasteiger partial charge in [-0.3, -0.25) is 0 Å². The fourth-order valence-electron chi connectivity index (χ4n) is 1.98. The number of hydrogen-bond acceptors (Lipinski definition) is 2. The summed E-state index contributed by atoms with van der Waals surface area (Å²) in [4.78, 5) is 18.4. The topological polar surface area (TPSA) is 29.5 Å². The molecule has 0 heterocycles. The van der Waals surface area contributed by atoms with Crippen molar-refractivity contribution >= 4 is 28.0 Å². The first-order valence-corrected chi connectivity index (χ1v) is 15.8. The van der Waals surface area contributed by atoms with Crippen LogP contribution in [0.3, 0.4) is 0 Å². The summed E-state index contributed by atoms with van der Waals surface area (Å²) in [6, 6.07) is 10.5. The van der Waals surface area contributed by atoms with E-state index in [1.54, 1.807) is 4.90 Å². The zero-order valence-corrected chi connectivity index (χ0v) is 15.7. The Kier molecular flexibility index (Phi) is 5.30. The molecule has 1 aromatic carbocycles. The molecule has 0 aliphatic heterocycles. The summed E-state index contributed by atoms with van der Waals surface area (Å²) in [5.41, 5.74) is -0.433. The summed E-state index contributed by atoms with van der Waals surface area (Å²) in [6.45, 7) is 5.68. The number of hydrogen-bond donors (Lipinski definition) is 0. The van der Waals surface area contributed by atoms with E-state index in [1.807, 2.05) is 33.9 Å². The van der Waals surface area contributed by atoms with Crippen LogP contribution >= 0.6 is 0 Å². The van der Waals surface area contributed by atoms with Crippen LogP contribution in [-0.4, -0.2) is 46.6 Å². The Morgan fingerprint density at radius 1 is 1.21 bits per heavy atom. The third-order valence-electron chi connectivity index (χ3n) is 2.89. The van der Waals surface area contributed by atoms with Crippen molar-refractivity contribution in [1.82, 2.24) is 4.90 Å². The predicted molar refractivity (Wildman–Crippen MR) is 82.4 cm³/mol. The number of carbonyl (C=O) groups excluding carboxylic acids is 1. The first-order chi connectivity index (χ1) is 8.62. The predicted octanol–water partition coefficient (Wildman–Crippen LogP) is 3.01. The van der Waals surface area contributed by atoms with Gasteiger partial charge in [0, 0.05) is 0 Å². The van der Waals surface area contributed by atoms with Crippen molar-refractivity contribution in [2.75, 3.05) is 11.6 Å². The fraction of sp³-hybridized carbons (Fsp3) is 0.533. The van der Waals surface area contributed by atoms with Gasteiger partial charge in [-0.05, 0) is 0 Å². The summed E-state index contributed by atoms with van der Waals surface area (Å²) < 4.78 is 7.65. The average Bonchev–Trinajstić information content (AvgIpc) is 2.27. The van der Waals surface area contributed by atoms with E-state index in [0.29, 0.717) is 0 Å². The molecule has 1 rings (SSSR count). The van der Waals surface area contributed by atoms with Crippen LogP contribution in [0.15, 0.2) is 30.3 Å². The number of amides is 1. The Hall–Kier alpha value is -0.711. The first kappa shape index (κ1) is 16.3. The van der Waals surface area contributed by atoms with E-state index >= 15 is 0 Å². The van der Waals surface area contributed by atoms with E-state index in [9.17, 15) is 4.79 Å². The molecule has 0 fully saturated rings. The molecule has 3 nitrogen and oxygen atoms in total. The third-order valence-corrected chi connectivity index (χ3v) is 11.9. The fourth-order valence-corrected chi connectivity index (χ4v) is 9.38. The molecule has 0 saturated heterocycles. The Balaban J connectivity index is 2.71. The van der Waals surface area contributed by atoms with Gasteiger partial charge in [-0.25, -0.2) is 0 Å². The maximum absolute atomic E-state index is 12.0. The van der Waals surface area contributed by atoms with Crippen molar-refractivity contribution in [3.63, 3.8) is 0 Å². The van der Waals surface area contributed by atoms with E-state index in [1.165, 1.54) is 3.58 Å². The van der Waals surface area contributed by atoms with Crippen LogP contribution in [0.4, 0.5) is 4.79 Å². The zero-order chi connectivity index (χ0) is 14.7. The molecular weight excluding hydrogens is 345 g/mol. The molecule has 0 saturated carbocycles. The molecule has 0 unspecified atom stereocenters. The first-order valence-electron chi connectivity index (χ1n) is 6.61. The molecule has 1 amide bonds. The third kappa shape index (κ3) is 5.43. The van der Waals surface area contributed by atoms with Crippen LogP contribution < -0.4 is 3.58 Å². The van der Waals surface area contributed by atoms with Crippen molar-refractivity contribution in [3.8, 4) is 0 Å². The van der Waals surface area contributed by atoms with Crippen molar-refractivity contribution < 1.29 is 9.53 Å². The minimum absolute atomic E-state index is 0.229. The molecule has 0 aromatic heterocycles. The second kappa shape index (κ2) is 6.16. The molecule has 0 aliphatic carbocycles. The molecule has 0 radical (unpaired) electrons. The van der Waals surface area contributed by atoms with E-state index < -0.39 is 24.0 Å². The second-order valence-corrected chi connectivity index (χ2v) is 19.9. The van der Waals surface area contributed by atoms with Crippen LogP contribution in [0.2, 0.25) is 9.88 Å². The number of carbonyl (C=O) groups is 1. The van der Waals surface area contributed by atoms with Gasteiger partial charge in [-0.1, -0.05) is 0 Å². The summed E-state index contributed by atoms with van der Waals surface area (Å²) in [5.74, 6) is 0. The molecular formula is C15H25NO2Sn. The van der Waals surface area contributed by atoms with Crippen LogP contribution in [0.5, 0.6) is 0 Å². The number of benzene rings is 1. The SMILES string of the molecule is CN([CH2][Sn]([CH3])([CH3])[c]1ccccc1)C(=O)OC(C)(C)C. The van der Waals surface area contributed by atoms with E-state index in [4.69, 9.17) is 4.74 Å². The maximum atomic E-state index is 12.0. The van der Waals surface area contributed by atoms with Crippen LogP contribution in [0.1, 0.15) is 20.8 Å². The molecule has 0 atom stereocenters. The Labute approximate surface area is 120 Å². The number of nitrogens with zero attached hydrogens (tertiary/aromatic N) is 1. The molecule has 0 spiro atoms. The average molecular weight is 370 g/mol. The van der Waals surface area contributed by atoms with Gasteiger partial charge < -0.3 is 0 Å². The standard InChI is InChI=1S/C7H14NO2.C6H5.2CH3.Sn/c1-7(2,3)10-6(9)8(4)5;1-2-4-6-5-3-1;;;/h4H2,1-3,5H3;1-5H;2*1H3;. The van der Waals surface area contributed by atoms with E-state index in [2.05, 4.69) is 34.1 Å². The summed E-state index contributed by atoms with van der Waals surface area (Å²) in [6.07, 6.45) is -0.229. The van der Waals surface area contributed by atoms with Crippen LogP contribution in [0, 0.1) is 0 Å². The van der Waals surface area contributed by atoms with Gasteiger partial charge in [0.25, 0.3) is 0 Å². The van der Waals surface area contributed by atoms with Crippen molar-refractivity contribution in [2.45, 2.75) is 36.3 Å². The normalized spacial score (nSPS) is 12.1. The Bertz CT molecular complexity index is 424. The van der Waals surface area contributed by atoms with E-state index in [0.717, 1.165) is 4.56 Å². The molecule has 1 aromatic rings. The monoisotopic (exact) mass is 371 g/mol. The van der Waals surface area contributed by atoms with Crippen LogP contribution in [-0.2, 0) is 4.74 Å². The van der Waals surface area contributed by atoms with Gasteiger partial charge in [0.1, 0.15) is 0 Å². The molecule has 19 heavy (non-hydrogen) atoms. The summed E-state index contributed by atoms with van der Waals surface area (Å²) >= 11 is -2.45. The van der Waals surface area contributed by atoms with Crippen molar-refractivity contribution in [1.29, 1.82) is 0 Å². The molecule has 0 N–H and O–H groups in total. The van der Waals surface area contributed by atoms with E-state index in [-0.39, 0.29) is 6.09 Å². The minimum atomic E-state index is -2.45. The summed E-state index contributed by atoms with van der Waals surface area (Å²) in [7, 11) is 1.83. The molecule has 0 bridgehead atoms. The number of rotatable bonds is 3. The van der Waals surface area contributed by atoms with Gasteiger partial charge in [0.15, 0.2) is 0 Å². The Morgan fingerprint density at radius 3 is 2.21 bits per heavy atom. The number of ether oxygens (including phenoxy) is 1. The van der Waals surface area contributed by atoms with Gasteiger partial charge in [0.2, 0.25) is 0 Å². The molecule has 106 valence electrons. The van der Waals surface area contributed by atoms with Gasteiger partial charge in [0.05, 0.1) is 0 Å².